The maximum absolute atomic E-state index is 8.73. The maximum Gasteiger partial charge on any atom is 0.0433 e. The molecule has 0 aromatic rings. The molecule has 12 heavy (non-hydrogen) atoms. The van der Waals surface area contributed by atoms with Gasteiger partial charge in [0.1, 0.15) is 0 Å². The van der Waals surface area contributed by atoms with Gasteiger partial charge in [0.05, 0.1) is 0 Å². The fourth-order valence-corrected chi connectivity index (χ4v) is 1.70. The van der Waals surface area contributed by atoms with Crippen LogP contribution in [0.4, 0.5) is 0 Å². The summed E-state index contributed by atoms with van der Waals surface area (Å²) in [4.78, 5) is 0. The van der Waals surface area contributed by atoms with Crippen molar-refractivity contribution in [1.82, 2.24) is 0 Å². The largest absolute Gasteiger partial charge is 0.396 e. The quantitative estimate of drug-likeness (QED) is 0.625. The first-order valence-corrected chi connectivity index (χ1v) is 5.31. The summed E-state index contributed by atoms with van der Waals surface area (Å²) in [5.41, 5.74) is 0. The monoisotopic (exact) mass is 172 g/mol. The lowest BCUT2D eigenvalue weighted by atomic mass is 9.91. The highest BCUT2D eigenvalue weighted by Crippen LogP contribution is 2.19. The Hall–Kier alpha value is -0.0400. The van der Waals surface area contributed by atoms with Crippen LogP contribution >= 0.6 is 0 Å². The highest BCUT2D eigenvalue weighted by atomic mass is 16.3. The molecule has 2 unspecified atom stereocenters. The van der Waals surface area contributed by atoms with Crippen LogP contribution in [0.1, 0.15) is 52.9 Å². The van der Waals surface area contributed by atoms with Crippen molar-refractivity contribution in [3.63, 3.8) is 0 Å². The van der Waals surface area contributed by atoms with Crippen LogP contribution in [0.15, 0.2) is 0 Å². The zero-order valence-corrected chi connectivity index (χ0v) is 8.84. The number of hydrogen-bond acceptors (Lipinski definition) is 1. The molecule has 0 aliphatic rings. The molecule has 0 aromatic heterocycles. The summed E-state index contributed by atoms with van der Waals surface area (Å²) < 4.78 is 0. The van der Waals surface area contributed by atoms with Crippen molar-refractivity contribution in [3.05, 3.63) is 0 Å². The van der Waals surface area contributed by atoms with Crippen molar-refractivity contribution in [1.29, 1.82) is 0 Å². The number of aliphatic hydroxyl groups is 1. The molecule has 0 spiro atoms. The lowest BCUT2D eigenvalue weighted by Gasteiger charge is -2.15. The molecule has 0 amide bonds. The molecule has 1 N–H and O–H groups in total. The molecule has 0 saturated carbocycles. The molecule has 0 aliphatic carbocycles. The second-order valence-electron chi connectivity index (χ2n) is 4.10. The minimum Gasteiger partial charge on any atom is -0.396 e. The van der Waals surface area contributed by atoms with Gasteiger partial charge >= 0.3 is 0 Å². The van der Waals surface area contributed by atoms with Crippen molar-refractivity contribution in [2.24, 2.45) is 11.8 Å². The predicted molar refractivity (Wildman–Crippen MR) is 54.2 cm³/mol. The molecule has 0 radical (unpaired) electrons. The Kier molecular flexibility index (Phi) is 7.58. The first-order valence-electron chi connectivity index (χ1n) is 5.31. The molecular weight excluding hydrogens is 148 g/mol. The summed E-state index contributed by atoms with van der Waals surface area (Å²) in [6, 6.07) is 0. The summed E-state index contributed by atoms with van der Waals surface area (Å²) >= 11 is 0. The van der Waals surface area contributed by atoms with Crippen LogP contribution in [0.25, 0.3) is 0 Å². The first-order chi connectivity index (χ1) is 5.70. The highest BCUT2D eigenvalue weighted by Gasteiger charge is 2.07. The Morgan fingerprint density at radius 1 is 1.08 bits per heavy atom. The van der Waals surface area contributed by atoms with Gasteiger partial charge in [0.2, 0.25) is 0 Å². The standard InChI is InChI=1S/C11H24O/c1-4-5-6-10(2)9-11(3)7-8-12/h10-12H,4-9H2,1-3H3. The van der Waals surface area contributed by atoms with E-state index in [0.29, 0.717) is 12.5 Å². The average Bonchev–Trinajstić information content (AvgIpc) is 2.01. The summed E-state index contributed by atoms with van der Waals surface area (Å²) in [5.74, 6) is 1.54. The fraction of sp³-hybridized carbons (Fsp3) is 1.00. The average molecular weight is 172 g/mol. The van der Waals surface area contributed by atoms with E-state index in [0.717, 1.165) is 12.3 Å². The summed E-state index contributed by atoms with van der Waals surface area (Å²) in [6.45, 7) is 7.15. The highest BCUT2D eigenvalue weighted by molar-refractivity contribution is 4.59. The smallest absolute Gasteiger partial charge is 0.0433 e. The van der Waals surface area contributed by atoms with Gasteiger partial charge in [0.15, 0.2) is 0 Å². The Morgan fingerprint density at radius 3 is 2.17 bits per heavy atom. The Labute approximate surface area is 77.2 Å². The molecule has 0 rings (SSSR count). The van der Waals surface area contributed by atoms with E-state index in [9.17, 15) is 0 Å². The van der Waals surface area contributed by atoms with Crippen LogP contribution in [0, 0.1) is 11.8 Å². The lowest BCUT2D eigenvalue weighted by molar-refractivity contribution is 0.246. The molecule has 0 heterocycles. The van der Waals surface area contributed by atoms with E-state index in [4.69, 9.17) is 5.11 Å². The predicted octanol–water partition coefficient (Wildman–Crippen LogP) is 3.22. The van der Waals surface area contributed by atoms with Crippen molar-refractivity contribution in [2.45, 2.75) is 52.9 Å². The molecule has 0 aliphatic heterocycles. The van der Waals surface area contributed by atoms with E-state index in [2.05, 4.69) is 20.8 Å². The number of unbranched alkanes of at least 4 members (excludes halogenated alkanes) is 1. The van der Waals surface area contributed by atoms with Crippen molar-refractivity contribution in [2.75, 3.05) is 6.61 Å². The molecule has 1 heteroatoms. The molecule has 74 valence electrons. The molecule has 2 atom stereocenters. The van der Waals surface area contributed by atoms with Gasteiger partial charge in [-0.15, -0.1) is 0 Å². The number of aliphatic hydroxyl groups excluding tert-OH is 1. The minimum absolute atomic E-state index is 0.349. The summed E-state index contributed by atoms with van der Waals surface area (Å²) in [5, 5.41) is 8.73. The Balaban J connectivity index is 3.33. The van der Waals surface area contributed by atoms with Gasteiger partial charge in [-0.2, -0.15) is 0 Å². The first kappa shape index (κ1) is 12.0. The van der Waals surface area contributed by atoms with Crippen molar-refractivity contribution >= 4 is 0 Å². The van der Waals surface area contributed by atoms with E-state index in [1.54, 1.807) is 0 Å². The van der Waals surface area contributed by atoms with Crippen LogP contribution < -0.4 is 0 Å². The summed E-state index contributed by atoms with van der Waals surface area (Å²) in [6.07, 6.45) is 6.26. The second kappa shape index (κ2) is 7.60. The van der Waals surface area contributed by atoms with E-state index in [1.807, 2.05) is 0 Å². The molecule has 0 aromatic carbocycles. The van der Waals surface area contributed by atoms with Crippen LogP contribution in [-0.4, -0.2) is 11.7 Å². The van der Waals surface area contributed by atoms with Crippen LogP contribution in [-0.2, 0) is 0 Å². The topological polar surface area (TPSA) is 20.2 Å². The van der Waals surface area contributed by atoms with Gasteiger partial charge in [0, 0.05) is 6.61 Å². The van der Waals surface area contributed by atoms with E-state index >= 15 is 0 Å². The van der Waals surface area contributed by atoms with Gasteiger partial charge < -0.3 is 5.11 Å². The van der Waals surface area contributed by atoms with Crippen LogP contribution in [0.5, 0.6) is 0 Å². The number of rotatable bonds is 7. The van der Waals surface area contributed by atoms with Gasteiger partial charge in [0.25, 0.3) is 0 Å². The Bertz CT molecular complexity index is 91.0. The molecule has 0 saturated heterocycles. The van der Waals surface area contributed by atoms with E-state index in [1.165, 1.54) is 25.7 Å². The molecule has 0 fully saturated rings. The van der Waals surface area contributed by atoms with Gasteiger partial charge in [-0.05, 0) is 24.7 Å². The van der Waals surface area contributed by atoms with Crippen molar-refractivity contribution < 1.29 is 5.11 Å². The molecule has 1 nitrogen and oxygen atoms in total. The Morgan fingerprint density at radius 2 is 1.67 bits per heavy atom. The number of hydrogen-bond donors (Lipinski definition) is 1. The van der Waals surface area contributed by atoms with Crippen LogP contribution in [0.3, 0.4) is 0 Å². The van der Waals surface area contributed by atoms with Gasteiger partial charge in [-0.3, -0.25) is 0 Å². The van der Waals surface area contributed by atoms with E-state index in [-0.39, 0.29) is 0 Å². The molecule has 0 bridgehead atoms. The molecular formula is C11H24O. The van der Waals surface area contributed by atoms with Gasteiger partial charge in [-0.1, -0.05) is 40.0 Å². The minimum atomic E-state index is 0.349. The summed E-state index contributed by atoms with van der Waals surface area (Å²) in [7, 11) is 0. The fourth-order valence-electron chi connectivity index (χ4n) is 1.70. The third-order valence-corrected chi connectivity index (χ3v) is 2.48. The van der Waals surface area contributed by atoms with Crippen molar-refractivity contribution in [3.8, 4) is 0 Å². The maximum atomic E-state index is 8.73. The third-order valence-electron chi connectivity index (χ3n) is 2.48. The SMILES string of the molecule is CCCCC(C)CC(C)CCO. The zero-order valence-electron chi connectivity index (χ0n) is 8.84. The normalized spacial score (nSPS) is 16.0. The lowest BCUT2D eigenvalue weighted by Crippen LogP contribution is -2.04. The van der Waals surface area contributed by atoms with E-state index < -0.39 is 0 Å². The third kappa shape index (κ3) is 6.66. The zero-order chi connectivity index (χ0) is 9.40. The van der Waals surface area contributed by atoms with Gasteiger partial charge in [-0.25, -0.2) is 0 Å². The van der Waals surface area contributed by atoms with Crippen LogP contribution in [0.2, 0.25) is 0 Å². The second-order valence-corrected chi connectivity index (χ2v) is 4.10.